The van der Waals surface area contributed by atoms with Gasteiger partial charge in [0.2, 0.25) is 0 Å². The number of aryl methyl sites for hydroxylation is 1. The topological polar surface area (TPSA) is 12.0 Å². The molecule has 0 aliphatic carbocycles. The Labute approximate surface area is 80.2 Å². The van der Waals surface area contributed by atoms with E-state index in [1.54, 1.807) is 0 Å². The summed E-state index contributed by atoms with van der Waals surface area (Å²) in [5.41, 5.74) is 1.88. The third-order valence-electron chi connectivity index (χ3n) is 3.04. The largest absolute Gasteiger partial charge is 0.311 e. The predicted molar refractivity (Wildman–Crippen MR) is 55.8 cm³/mol. The molecule has 1 unspecified atom stereocenters. The molecule has 1 saturated heterocycles. The van der Waals surface area contributed by atoms with Gasteiger partial charge < -0.3 is 5.32 Å². The number of rotatable bonds is 3. The summed E-state index contributed by atoms with van der Waals surface area (Å²) in [5.74, 6) is 0. The Kier molecular flexibility index (Phi) is 2.36. The van der Waals surface area contributed by atoms with Crippen LogP contribution in [0.15, 0.2) is 30.3 Å². The summed E-state index contributed by atoms with van der Waals surface area (Å²) in [6, 6.07) is 10.7. The van der Waals surface area contributed by atoms with E-state index in [2.05, 4.69) is 42.6 Å². The van der Waals surface area contributed by atoms with Crippen LogP contribution in [0.5, 0.6) is 0 Å². The molecule has 1 heteroatoms. The fourth-order valence-corrected chi connectivity index (χ4v) is 1.83. The van der Waals surface area contributed by atoms with Crippen molar-refractivity contribution in [3.05, 3.63) is 35.9 Å². The second kappa shape index (κ2) is 3.51. The summed E-state index contributed by atoms with van der Waals surface area (Å²) in [4.78, 5) is 0. The maximum Gasteiger partial charge on any atom is 0.0168 e. The van der Waals surface area contributed by atoms with Gasteiger partial charge in [-0.15, -0.1) is 0 Å². The Morgan fingerprint density at radius 3 is 2.54 bits per heavy atom. The second-order valence-electron chi connectivity index (χ2n) is 4.22. The highest BCUT2D eigenvalue weighted by Gasteiger charge is 2.29. The van der Waals surface area contributed by atoms with E-state index >= 15 is 0 Å². The number of nitrogens with one attached hydrogen (secondary N) is 1. The molecule has 0 amide bonds. The van der Waals surface area contributed by atoms with Crippen LogP contribution in [0.4, 0.5) is 0 Å². The van der Waals surface area contributed by atoms with Gasteiger partial charge in [-0.1, -0.05) is 30.3 Å². The lowest BCUT2D eigenvalue weighted by Crippen LogP contribution is -2.54. The molecule has 1 atom stereocenters. The van der Waals surface area contributed by atoms with Crippen LogP contribution in [0.3, 0.4) is 0 Å². The first kappa shape index (κ1) is 8.76. The first-order chi connectivity index (χ1) is 6.29. The Bertz CT molecular complexity index is 262. The maximum atomic E-state index is 3.49. The van der Waals surface area contributed by atoms with Crippen molar-refractivity contribution in [2.75, 3.05) is 6.54 Å². The van der Waals surface area contributed by atoms with Crippen LogP contribution in [0.1, 0.15) is 25.3 Å². The van der Waals surface area contributed by atoms with Crippen LogP contribution in [0.25, 0.3) is 0 Å². The molecule has 1 fully saturated rings. The number of benzene rings is 1. The minimum Gasteiger partial charge on any atom is -0.311 e. The molecule has 0 saturated carbocycles. The molecule has 1 aliphatic rings. The summed E-state index contributed by atoms with van der Waals surface area (Å²) in [6.07, 6.45) is 3.79. The first-order valence-electron chi connectivity index (χ1n) is 5.07. The van der Waals surface area contributed by atoms with Crippen LogP contribution in [0, 0.1) is 0 Å². The Balaban J connectivity index is 1.86. The summed E-state index contributed by atoms with van der Waals surface area (Å²) in [7, 11) is 0. The quantitative estimate of drug-likeness (QED) is 0.743. The zero-order valence-electron chi connectivity index (χ0n) is 8.22. The summed E-state index contributed by atoms with van der Waals surface area (Å²) in [5, 5.41) is 3.49. The molecule has 70 valence electrons. The molecule has 1 aliphatic heterocycles. The smallest absolute Gasteiger partial charge is 0.0168 e. The molecule has 1 aromatic carbocycles. The van der Waals surface area contributed by atoms with Crippen LogP contribution in [-0.4, -0.2) is 12.1 Å². The fourth-order valence-electron chi connectivity index (χ4n) is 1.83. The number of hydrogen-bond acceptors (Lipinski definition) is 1. The van der Waals surface area contributed by atoms with Crippen molar-refractivity contribution in [2.24, 2.45) is 0 Å². The fraction of sp³-hybridized carbons (Fsp3) is 0.500. The molecular weight excluding hydrogens is 158 g/mol. The van der Waals surface area contributed by atoms with Crippen molar-refractivity contribution in [3.8, 4) is 0 Å². The van der Waals surface area contributed by atoms with Crippen molar-refractivity contribution in [1.29, 1.82) is 0 Å². The van der Waals surface area contributed by atoms with Crippen molar-refractivity contribution in [3.63, 3.8) is 0 Å². The van der Waals surface area contributed by atoms with Gasteiger partial charge in [0.15, 0.2) is 0 Å². The van der Waals surface area contributed by atoms with E-state index in [0.29, 0.717) is 5.54 Å². The van der Waals surface area contributed by atoms with Gasteiger partial charge in [-0.25, -0.2) is 0 Å². The molecule has 0 aromatic heterocycles. The lowest BCUT2D eigenvalue weighted by Gasteiger charge is -2.40. The van der Waals surface area contributed by atoms with Crippen molar-refractivity contribution in [2.45, 2.75) is 31.7 Å². The van der Waals surface area contributed by atoms with Crippen LogP contribution in [0.2, 0.25) is 0 Å². The van der Waals surface area contributed by atoms with Gasteiger partial charge in [0.1, 0.15) is 0 Å². The standard InChI is InChI=1S/C12H17N/c1-12(9-10-13-12)8-7-11-5-3-2-4-6-11/h2-6,13H,7-10H2,1H3. The van der Waals surface area contributed by atoms with E-state index in [4.69, 9.17) is 0 Å². The van der Waals surface area contributed by atoms with Crippen molar-refractivity contribution in [1.82, 2.24) is 5.32 Å². The Hall–Kier alpha value is -0.820. The zero-order chi connectivity index (χ0) is 9.15. The summed E-state index contributed by atoms with van der Waals surface area (Å²) >= 11 is 0. The first-order valence-corrected chi connectivity index (χ1v) is 5.07. The van der Waals surface area contributed by atoms with E-state index in [1.807, 2.05) is 0 Å². The molecule has 1 heterocycles. The SMILES string of the molecule is CC1(CCc2ccccc2)CCN1. The minimum atomic E-state index is 0.426. The zero-order valence-corrected chi connectivity index (χ0v) is 8.22. The lowest BCUT2D eigenvalue weighted by molar-refractivity contribution is 0.217. The molecule has 2 rings (SSSR count). The average Bonchev–Trinajstić information content (AvgIpc) is 2.13. The third kappa shape index (κ3) is 2.10. The van der Waals surface area contributed by atoms with Gasteiger partial charge in [-0.2, -0.15) is 0 Å². The third-order valence-corrected chi connectivity index (χ3v) is 3.04. The van der Waals surface area contributed by atoms with E-state index in [1.165, 1.54) is 31.4 Å². The van der Waals surface area contributed by atoms with Crippen LogP contribution >= 0.6 is 0 Å². The molecule has 1 N–H and O–H groups in total. The van der Waals surface area contributed by atoms with Gasteiger partial charge >= 0.3 is 0 Å². The van der Waals surface area contributed by atoms with Gasteiger partial charge in [-0.05, 0) is 38.3 Å². The molecule has 0 radical (unpaired) electrons. The van der Waals surface area contributed by atoms with E-state index in [-0.39, 0.29) is 0 Å². The monoisotopic (exact) mass is 175 g/mol. The highest BCUT2D eigenvalue weighted by atomic mass is 15.0. The molecular formula is C12H17N. The maximum absolute atomic E-state index is 3.49. The molecule has 1 aromatic rings. The molecule has 0 spiro atoms. The van der Waals surface area contributed by atoms with Gasteiger partial charge in [0, 0.05) is 5.54 Å². The lowest BCUT2D eigenvalue weighted by atomic mass is 9.84. The molecule has 13 heavy (non-hydrogen) atoms. The van der Waals surface area contributed by atoms with Crippen molar-refractivity contribution < 1.29 is 0 Å². The van der Waals surface area contributed by atoms with Gasteiger partial charge in [0.05, 0.1) is 0 Å². The van der Waals surface area contributed by atoms with Gasteiger partial charge in [0.25, 0.3) is 0 Å². The van der Waals surface area contributed by atoms with E-state index in [9.17, 15) is 0 Å². The number of hydrogen-bond donors (Lipinski definition) is 1. The predicted octanol–water partition coefficient (Wildman–Crippen LogP) is 2.37. The molecule has 1 nitrogen and oxygen atoms in total. The van der Waals surface area contributed by atoms with E-state index < -0.39 is 0 Å². The van der Waals surface area contributed by atoms with Crippen LogP contribution < -0.4 is 5.32 Å². The average molecular weight is 175 g/mol. The highest BCUT2D eigenvalue weighted by Crippen LogP contribution is 2.23. The Morgan fingerprint density at radius 1 is 1.31 bits per heavy atom. The Morgan fingerprint density at radius 2 is 2.00 bits per heavy atom. The molecule has 0 bridgehead atoms. The van der Waals surface area contributed by atoms with Gasteiger partial charge in [-0.3, -0.25) is 0 Å². The summed E-state index contributed by atoms with van der Waals surface area (Å²) in [6.45, 7) is 3.52. The second-order valence-corrected chi connectivity index (χ2v) is 4.22. The summed E-state index contributed by atoms with van der Waals surface area (Å²) < 4.78 is 0. The van der Waals surface area contributed by atoms with Crippen molar-refractivity contribution >= 4 is 0 Å². The normalized spacial score (nSPS) is 26.8. The van der Waals surface area contributed by atoms with E-state index in [0.717, 1.165) is 0 Å². The van der Waals surface area contributed by atoms with Crippen LogP contribution in [-0.2, 0) is 6.42 Å². The highest BCUT2D eigenvalue weighted by molar-refractivity contribution is 5.15. The minimum absolute atomic E-state index is 0.426.